The fourth-order valence-electron chi connectivity index (χ4n) is 0.562. The molecule has 0 aliphatic heterocycles. The number of rotatable bonds is 6. The summed E-state index contributed by atoms with van der Waals surface area (Å²) in [5.41, 5.74) is 0. The molecule has 0 fully saturated rings. The Balaban J connectivity index is 2.60. The van der Waals surface area contributed by atoms with Crippen molar-refractivity contribution < 1.29 is 9.84 Å². The van der Waals surface area contributed by atoms with E-state index < -0.39 is 0 Å². The van der Waals surface area contributed by atoms with E-state index in [1.54, 1.807) is 0 Å². The summed E-state index contributed by atoms with van der Waals surface area (Å²) in [4.78, 5) is 0. The van der Waals surface area contributed by atoms with E-state index in [-0.39, 0.29) is 6.61 Å². The van der Waals surface area contributed by atoms with Crippen molar-refractivity contribution in [2.75, 3.05) is 19.8 Å². The summed E-state index contributed by atoms with van der Waals surface area (Å²) in [5.74, 6) is 0. The van der Waals surface area contributed by atoms with Gasteiger partial charge in [0, 0.05) is 19.8 Å². The highest BCUT2D eigenvalue weighted by Crippen LogP contribution is 1.88. The molecule has 1 N–H and O–H groups in total. The van der Waals surface area contributed by atoms with Crippen LogP contribution < -0.4 is 0 Å². The van der Waals surface area contributed by atoms with Gasteiger partial charge in [-0.05, 0) is 19.3 Å². The van der Waals surface area contributed by atoms with Crippen LogP contribution >= 0.6 is 0 Å². The van der Waals surface area contributed by atoms with Gasteiger partial charge in [0.1, 0.15) is 0 Å². The van der Waals surface area contributed by atoms with Crippen molar-refractivity contribution in [1.82, 2.24) is 0 Å². The molecule has 0 aliphatic rings. The quantitative estimate of drug-likeness (QED) is 0.550. The first-order valence-corrected chi connectivity index (χ1v) is 3.60. The molecule has 0 amide bonds. The lowest BCUT2D eigenvalue weighted by atomic mass is 10.3. The summed E-state index contributed by atoms with van der Waals surface area (Å²) in [6, 6.07) is 0. The first-order chi connectivity index (χ1) is 4.41. The third-order valence-corrected chi connectivity index (χ3v) is 1.05. The standard InChI is InChI=1S/C7H16O2/c1-2-6-9-7-4-3-5-8/h8H,2-7H2,1H3. The third kappa shape index (κ3) is 7.92. The highest BCUT2D eigenvalue weighted by molar-refractivity contribution is 4.35. The van der Waals surface area contributed by atoms with E-state index >= 15 is 0 Å². The molecule has 2 nitrogen and oxygen atoms in total. The Hall–Kier alpha value is -0.0800. The number of unbranched alkanes of at least 4 members (excludes halogenated alkanes) is 1. The monoisotopic (exact) mass is 132 g/mol. The van der Waals surface area contributed by atoms with E-state index in [4.69, 9.17) is 9.84 Å². The molecule has 0 aliphatic carbocycles. The molecule has 0 radical (unpaired) electrons. The highest BCUT2D eigenvalue weighted by atomic mass is 16.5. The summed E-state index contributed by atoms with van der Waals surface area (Å²) in [5, 5.41) is 8.37. The Kier molecular flexibility index (Phi) is 7.85. The number of hydrogen-bond donors (Lipinski definition) is 1. The van der Waals surface area contributed by atoms with Gasteiger partial charge >= 0.3 is 0 Å². The minimum Gasteiger partial charge on any atom is -0.396 e. The van der Waals surface area contributed by atoms with Crippen LogP contribution in [0.1, 0.15) is 26.2 Å². The average Bonchev–Trinajstić information content (AvgIpc) is 1.89. The SMILES string of the molecule is CCCOCCCCO. The van der Waals surface area contributed by atoms with Crippen LogP contribution in [0.25, 0.3) is 0 Å². The normalized spacial score (nSPS) is 10.0. The van der Waals surface area contributed by atoms with Crippen molar-refractivity contribution in [3.8, 4) is 0 Å². The van der Waals surface area contributed by atoms with Crippen molar-refractivity contribution in [3.05, 3.63) is 0 Å². The van der Waals surface area contributed by atoms with Crippen LogP contribution in [0.3, 0.4) is 0 Å². The number of aliphatic hydroxyl groups is 1. The third-order valence-electron chi connectivity index (χ3n) is 1.05. The Morgan fingerprint density at radius 1 is 1.22 bits per heavy atom. The molecule has 0 spiro atoms. The Labute approximate surface area is 56.8 Å². The zero-order valence-electron chi connectivity index (χ0n) is 6.10. The van der Waals surface area contributed by atoms with Crippen LogP contribution in [-0.2, 0) is 4.74 Å². The molecule has 0 heterocycles. The molecule has 0 aromatic rings. The Morgan fingerprint density at radius 2 is 2.00 bits per heavy atom. The molecule has 0 atom stereocenters. The molecule has 0 aromatic heterocycles. The van der Waals surface area contributed by atoms with Crippen LogP contribution in [0.4, 0.5) is 0 Å². The molecular weight excluding hydrogens is 116 g/mol. The Morgan fingerprint density at radius 3 is 2.56 bits per heavy atom. The maximum atomic E-state index is 8.37. The van der Waals surface area contributed by atoms with Gasteiger partial charge in [-0.25, -0.2) is 0 Å². The minimum absolute atomic E-state index is 0.287. The van der Waals surface area contributed by atoms with Gasteiger partial charge in [0.15, 0.2) is 0 Å². The van der Waals surface area contributed by atoms with Crippen LogP contribution in [-0.4, -0.2) is 24.9 Å². The molecule has 0 saturated carbocycles. The van der Waals surface area contributed by atoms with Gasteiger partial charge < -0.3 is 9.84 Å². The number of ether oxygens (including phenoxy) is 1. The lowest BCUT2D eigenvalue weighted by Gasteiger charge is -1.99. The zero-order chi connectivity index (χ0) is 6.95. The van der Waals surface area contributed by atoms with E-state index in [0.717, 1.165) is 32.5 Å². The molecule has 0 saturated heterocycles. The molecular formula is C7H16O2. The average molecular weight is 132 g/mol. The lowest BCUT2D eigenvalue weighted by molar-refractivity contribution is 0.126. The minimum atomic E-state index is 0.287. The van der Waals surface area contributed by atoms with Gasteiger partial charge in [-0.3, -0.25) is 0 Å². The van der Waals surface area contributed by atoms with E-state index in [1.165, 1.54) is 0 Å². The summed E-state index contributed by atoms with van der Waals surface area (Å²) in [6.07, 6.45) is 2.93. The van der Waals surface area contributed by atoms with E-state index in [0.29, 0.717) is 0 Å². The fraction of sp³-hybridized carbons (Fsp3) is 1.00. The predicted octanol–water partition coefficient (Wildman–Crippen LogP) is 1.19. The summed E-state index contributed by atoms with van der Waals surface area (Å²) >= 11 is 0. The lowest BCUT2D eigenvalue weighted by Crippen LogP contribution is -1.96. The number of aliphatic hydroxyl groups excluding tert-OH is 1. The van der Waals surface area contributed by atoms with Gasteiger partial charge in [0.25, 0.3) is 0 Å². The van der Waals surface area contributed by atoms with Crippen molar-refractivity contribution in [2.24, 2.45) is 0 Å². The fourth-order valence-corrected chi connectivity index (χ4v) is 0.562. The second-order valence-corrected chi connectivity index (χ2v) is 2.04. The van der Waals surface area contributed by atoms with Crippen molar-refractivity contribution >= 4 is 0 Å². The van der Waals surface area contributed by atoms with Gasteiger partial charge in [0.2, 0.25) is 0 Å². The zero-order valence-corrected chi connectivity index (χ0v) is 6.10. The van der Waals surface area contributed by atoms with Crippen LogP contribution in [0.5, 0.6) is 0 Å². The maximum absolute atomic E-state index is 8.37. The second-order valence-electron chi connectivity index (χ2n) is 2.04. The molecule has 2 heteroatoms. The molecule has 0 unspecified atom stereocenters. The summed E-state index contributed by atoms with van der Waals surface area (Å²) in [6.45, 7) is 4.03. The van der Waals surface area contributed by atoms with Gasteiger partial charge in [0.05, 0.1) is 0 Å². The highest BCUT2D eigenvalue weighted by Gasteiger charge is 1.85. The van der Waals surface area contributed by atoms with E-state index in [1.807, 2.05) is 0 Å². The van der Waals surface area contributed by atoms with Crippen LogP contribution in [0, 0.1) is 0 Å². The first-order valence-electron chi connectivity index (χ1n) is 3.60. The van der Waals surface area contributed by atoms with Gasteiger partial charge in [-0.15, -0.1) is 0 Å². The molecule has 0 rings (SSSR count). The first kappa shape index (κ1) is 8.92. The largest absolute Gasteiger partial charge is 0.396 e. The van der Waals surface area contributed by atoms with Crippen molar-refractivity contribution in [3.63, 3.8) is 0 Å². The molecule has 56 valence electrons. The summed E-state index contributed by atoms with van der Waals surface area (Å²) < 4.78 is 5.17. The van der Waals surface area contributed by atoms with Gasteiger partial charge in [-0.1, -0.05) is 6.92 Å². The van der Waals surface area contributed by atoms with E-state index in [9.17, 15) is 0 Å². The molecule has 0 aromatic carbocycles. The molecule has 9 heavy (non-hydrogen) atoms. The second kappa shape index (κ2) is 7.92. The van der Waals surface area contributed by atoms with Crippen LogP contribution in [0.15, 0.2) is 0 Å². The smallest absolute Gasteiger partial charge is 0.0466 e. The topological polar surface area (TPSA) is 29.5 Å². The van der Waals surface area contributed by atoms with Gasteiger partial charge in [-0.2, -0.15) is 0 Å². The van der Waals surface area contributed by atoms with Crippen molar-refractivity contribution in [1.29, 1.82) is 0 Å². The summed E-state index contributed by atoms with van der Waals surface area (Å²) in [7, 11) is 0. The molecule has 0 bridgehead atoms. The number of hydrogen-bond acceptors (Lipinski definition) is 2. The van der Waals surface area contributed by atoms with Crippen LogP contribution in [0.2, 0.25) is 0 Å². The van der Waals surface area contributed by atoms with Crippen molar-refractivity contribution in [2.45, 2.75) is 26.2 Å². The maximum Gasteiger partial charge on any atom is 0.0466 e. The Bertz CT molecular complexity index is 40.2. The predicted molar refractivity (Wildman–Crippen MR) is 37.4 cm³/mol. The van der Waals surface area contributed by atoms with E-state index in [2.05, 4.69) is 6.92 Å².